The lowest BCUT2D eigenvalue weighted by molar-refractivity contribution is -0.192. The van der Waals surface area contributed by atoms with E-state index in [1.54, 1.807) is 0 Å². The molecule has 0 spiro atoms. The zero-order valence-electron chi connectivity index (χ0n) is 16.8. The van der Waals surface area contributed by atoms with Crippen molar-refractivity contribution in [2.24, 2.45) is 5.92 Å². The molecule has 0 radical (unpaired) electrons. The predicted molar refractivity (Wildman–Crippen MR) is 97.9 cm³/mol. The Morgan fingerprint density at radius 3 is 2.13 bits per heavy atom. The quantitative estimate of drug-likeness (QED) is 0.692. The van der Waals surface area contributed by atoms with E-state index in [2.05, 4.69) is 4.90 Å². The van der Waals surface area contributed by atoms with Crippen LogP contribution in [-0.2, 0) is 23.8 Å². The highest BCUT2D eigenvalue weighted by Gasteiger charge is 2.44. The monoisotopic (exact) mass is 438 g/mol. The lowest BCUT2D eigenvalue weighted by Crippen LogP contribution is -2.49. The number of carbonyl (C=O) groups is 2. The summed E-state index contributed by atoms with van der Waals surface area (Å²) in [6, 6.07) is 0.641. The molecule has 4 rings (SSSR count). The maximum atomic E-state index is 12.6. The van der Waals surface area contributed by atoms with Crippen LogP contribution in [0.25, 0.3) is 0 Å². The van der Waals surface area contributed by atoms with Gasteiger partial charge in [-0.3, -0.25) is 9.69 Å². The van der Waals surface area contributed by atoms with E-state index >= 15 is 0 Å². The van der Waals surface area contributed by atoms with E-state index in [0.29, 0.717) is 38.3 Å². The fraction of sp³-hybridized carbons (Fsp3) is 0.895. The summed E-state index contributed by atoms with van der Waals surface area (Å²) >= 11 is 0. The average molecular weight is 438 g/mol. The standard InChI is InChI=1S/C17H28N2O4.C2HF3O2/c20-17(18-5-9-22-10-6-18)15-11-13-1-4-19(12-16(13)23-15)14-2-7-21-8-3-14;3-2(4,5)1(6)7/h13-16H,1-12H2;(H,6,7)/t13-,15+,16-;/m0./s1. The number of ether oxygens (including phenoxy) is 3. The number of nitrogens with zero attached hydrogens (tertiary/aromatic N) is 2. The van der Waals surface area contributed by atoms with E-state index in [-0.39, 0.29) is 18.1 Å². The number of rotatable bonds is 2. The molecule has 30 heavy (non-hydrogen) atoms. The second-order valence-electron chi connectivity index (χ2n) is 8.03. The molecule has 0 unspecified atom stereocenters. The Bertz CT molecular complexity index is 593. The first-order chi connectivity index (χ1) is 14.3. The lowest BCUT2D eigenvalue weighted by atomic mass is 9.90. The second-order valence-corrected chi connectivity index (χ2v) is 8.03. The number of aliphatic carboxylic acids is 1. The third kappa shape index (κ3) is 6.05. The first-order valence-electron chi connectivity index (χ1n) is 10.4. The topological polar surface area (TPSA) is 88.5 Å². The number of carboxylic acids is 1. The van der Waals surface area contributed by atoms with Crippen LogP contribution in [0.4, 0.5) is 13.2 Å². The smallest absolute Gasteiger partial charge is 0.475 e. The molecule has 4 fully saturated rings. The van der Waals surface area contributed by atoms with Gasteiger partial charge in [-0.1, -0.05) is 0 Å². The van der Waals surface area contributed by atoms with Crippen molar-refractivity contribution in [2.75, 3.05) is 52.6 Å². The summed E-state index contributed by atoms with van der Waals surface area (Å²) in [6.07, 6.45) is -0.738. The molecule has 0 saturated carbocycles. The Morgan fingerprint density at radius 2 is 1.53 bits per heavy atom. The zero-order chi connectivity index (χ0) is 21.7. The molecule has 4 aliphatic rings. The Morgan fingerprint density at radius 1 is 0.933 bits per heavy atom. The molecule has 8 nitrogen and oxygen atoms in total. The van der Waals surface area contributed by atoms with E-state index in [4.69, 9.17) is 24.1 Å². The third-order valence-corrected chi connectivity index (χ3v) is 6.13. The van der Waals surface area contributed by atoms with Crippen molar-refractivity contribution in [2.45, 2.75) is 50.1 Å². The van der Waals surface area contributed by atoms with Gasteiger partial charge in [-0.2, -0.15) is 13.2 Å². The molecule has 3 atom stereocenters. The van der Waals surface area contributed by atoms with Gasteiger partial charge in [0, 0.05) is 38.9 Å². The van der Waals surface area contributed by atoms with E-state index in [1.165, 1.54) is 0 Å². The van der Waals surface area contributed by atoms with Gasteiger partial charge >= 0.3 is 12.1 Å². The third-order valence-electron chi connectivity index (χ3n) is 6.13. The van der Waals surface area contributed by atoms with Gasteiger partial charge in [-0.25, -0.2) is 4.79 Å². The molecule has 4 heterocycles. The number of carbonyl (C=O) groups excluding carboxylic acids is 1. The van der Waals surface area contributed by atoms with Crippen LogP contribution in [0.5, 0.6) is 0 Å². The van der Waals surface area contributed by atoms with Crippen molar-refractivity contribution < 1.29 is 42.1 Å². The Balaban J connectivity index is 0.000000318. The Kier molecular flexibility index (Phi) is 7.94. The number of amides is 1. The van der Waals surface area contributed by atoms with Crippen molar-refractivity contribution >= 4 is 11.9 Å². The van der Waals surface area contributed by atoms with Crippen molar-refractivity contribution in [1.82, 2.24) is 9.80 Å². The SMILES string of the molecule is O=C(O)C(F)(F)F.O=C([C@H]1C[C@@H]2CCN(C3CCOCC3)C[C@@H]2O1)N1CCOCC1. The van der Waals surface area contributed by atoms with Gasteiger partial charge in [0.15, 0.2) is 0 Å². The number of likely N-dealkylation sites (tertiary alicyclic amines) is 1. The molecule has 0 aromatic heterocycles. The fourth-order valence-corrected chi connectivity index (χ4v) is 4.48. The Labute approximate surface area is 173 Å². The van der Waals surface area contributed by atoms with Crippen LogP contribution in [0.2, 0.25) is 0 Å². The van der Waals surface area contributed by atoms with E-state index in [1.807, 2.05) is 4.90 Å². The van der Waals surface area contributed by atoms with Gasteiger partial charge in [-0.05, 0) is 38.1 Å². The van der Waals surface area contributed by atoms with E-state index < -0.39 is 12.1 Å². The molecule has 4 saturated heterocycles. The van der Waals surface area contributed by atoms with Gasteiger partial charge in [0.1, 0.15) is 6.10 Å². The number of hydrogen-bond acceptors (Lipinski definition) is 6. The van der Waals surface area contributed by atoms with Crippen molar-refractivity contribution in [3.05, 3.63) is 0 Å². The maximum absolute atomic E-state index is 12.6. The molecule has 0 aliphatic carbocycles. The van der Waals surface area contributed by atoms with Crippen molar-refractivity contribution in [3.8, 4) is 0 Å². The van der Waals surface area contributed by atoms with Crippen LogP contribution in [0.3, 0.4) is 0 Å². The van der Waals surface area contributed by atoms with Crippen LogP contribution in [0.1, 0.15) is 25.7 Å². The number of alkyl halides is 3. The van der Waals surface area contributed by atoms with Crippen LogP contribution >= 0.6 is 0 Å². The fourth-order valence-electron chi connectivity index (χ4n) is 4.48. The number of halogens is 3. The molecular formula is C19H29F3N2O6. The number of piperidine rings is 1. The summed E-state index contributed by atoms with van der Waals surface area (Å²) in [5.41, 5.74) is 0. The summed E-state index contributed by atoms with van der Waals surface area (Å²) < 4.78 is 48.7. The zero-order valence-corrected chi connectivity index (χ0v) is 16.8. The van der Waals surface area contributed by atoms with Gasteiger partial charge in [0.05, 0.1) is 19.3 Å². The first kappa shape index (κ1) is 23.2. The lowest BCUT2D eigenvalue weighted by Gasteiger charge is -2.40. The van der Waals surface area contributed by atoms with Gasteiger partial charge in [0.2, 0.25) is 0 Å². The van der Waals surface area contributed by atoms with Gasteiger partial charge in [-0.15, -0.1) is 0 Å². The molecule has 4 aliphatic heterocycles. The minimum atomic E-state index is -5.08. The number of carboxylic acid groups (broad SMARTS) is 1. The van der Waals surface area contributed by atoms with E-state index in [0.717, 1.165) is 52.0 Å². The highest BCUT2D eigenvalue weighted by atomic mass is 19.4. The molecule has 0 bridgehead atoms. The van der Waals surface area contributed by atoms with Gasteiger partial charge < -0.3 is 24.2 Å². The molecule has 0 aromatic rings. The molecular weight excluding hydrogens is 409 g/mol. The Hall–Kier alpha value is -1.43. The predicted octanol–water partition coefficient (Wildman–Crippen LogP) is 1.14. The van der Waals surface area contributed by atoms with Crippen LogP contribution in [0.15, 0.2) is 0 Å². The minimum absolute atomic E-state index is 0.181. The number of fused-ring (bicyclic) bond motifs is 1. The molecule has 0 aromatic carbocycles. The molecule has 1 N–H and O–H groups in total. The minimum Gasteiger partial charge on any atom is -0.475 e. The van der Waals surface area contributed by atoms with Crippen LogP contribution in [0, 0.1) is 5.92 Å². The van der Waals surface area contributed by atoms with Crippen molar-refractivity contribution in [3.63, 3.8) is 0 Å². The number of hydrogen-bond donors (Lipinski definition) is 1. The summed E-state index contributed by atoms with van der Waals surface area (Å²) in [6.45, 7) is 6.63. The second kappa shape index (κ2) is 10.3. The maximum Gasteiger partial charge on any atom is 0.490 e. The van der Waals surface area contributed by atoms with Crippen molar-refractivity contribution in [1.29, 1.82) is 0 Å². The average Bonchev–Trinajstić information content (AvgIpc) is 3.17. The summed E-state index contributed by atoms with van der Waals surface area (Å²) in [4.78, 5) is 26.0. The summed E-state index contributed by atoms with van der Waals surface area (Å²) in [5, 5.41) is 7.12. The van der Waals surface area contributed by atoms with Gasteiger partial charge in [0.25, 0.3) is 5.91 Å². The first-order valence-corrected chi connectivity index (χ1v) is 10.4. The highest BCUT2D eigenvalue weighted by Crippen LogP contribution is 2.35. The normalized spacial score (nSPS) is 30.9. The highest BCUT2D eigenvalue weighted by molar-refractivity contribution is 5.81. The number of morpholine rings is 1. The summed E-state index contributed by atoms with van der Waals surface area (Å²) in [5.74, 6) is -2.02. The molecule has 172 valence electrons. The largest absolute Gasteiger partial charge is 0.490 e. The van der Waals surface area contributed by atoms with Crippen LogP contribution < -0.4 is 0 Å². The summed E-state index contributed by atoms with van der Waals surface area (Å²) in [7, 11) is 0. The van der Waals surface area contributed by atoms with Crippen LogP contribution in [-0.4, -0.2) is 104 Å². The molecule has 11 heteroatoms. The van der Waals surface area contributed by atoms with E-state index in [9.17, 15) is 18.0 Å². The molecule has 1 amide bonds.